The Kier molecular flexibility index (Phi) is 2.70. The molecule has 3 nitrogen and oxygen atoms in total. The summed E-state index contributed by atoms with van der Waals surface area (Å²) in [4.78, 5) is 0. The standard InChI is InChI=1S/C7H11NO2S/c9-6-2-3-7(10)8(6)4-1-5-11/h2-3,9-11H,1,4-5H2. The Hall–Kier alpha value is -0.770. The number of aromatic hydroxyl groups is 2. The van der Waals surface area contributed by atoms with E-state index in [4.69, 9.17) is 10.2 Å². The van der Waals surface area contributed by atoms with Crippen molar-refractivity contribution in [1.29, 1.82) is 0 Å². The molecule has 0 saturated heterocycles. The van der Waals surface area contributed by atoms with E-state index in [1.165, 1.54) is 16.7 Å². The van der Waals surface area contributed by atoms with Gasteiger partial charge in [0, 0.05) is 18.7 Å². The first-order valence-corrected chi connectivity index (χ1v) is 4.07. The van der Waals surface area contributed by atoms with Crippen LogP contribution in [0.4, 0.5) is 0 Å². The van der Waals surface area contributed by atoms with Gasteiger partial charge in [-0.3, -0.25) is 4.57 Å². The Bertz CT molecular complexity index is 215. The third-order valence-electron chi connectivity index (χ3n) is 1.47. The topological polar surface area (TPSA) is 45.4 Å². The summed E-state index contributed by atoms with van der Waals surface area (Å²) in [5.41, 5.74) is 0. The van der Waals surface area contributed by atoms with Crippen molar-refractivity contribution in [3.05, 3.63) is 12.1 Å². The number of hydrogen-bond acceptors (Lipinski definition) is 3. The van der Waals surface area contributed by atoms with Crippen molar-refractivity contribution in [3.63, 3.8) is 0 Å². The van der Waals surface area contributed by atoms with E-state index in [9.17, 15) is 0 Å². The average molecular weight is 173 g/mol. The maximum Gasteiger partial charge on any atom is 0.193 e. The largest absolute Gasteiger partial charge is 0.494 e. The molecule has 0 radical (unpaired) electrons. The molecule has 0 spiro atoms. The van der Waals surface area contributed by atoms with Gasteiger partial charge in [-0.1, -0.05) is 0 Å². The van der Waals surface area contributed by atoms with Crippen molar-refractivity contribution in [2.75, 3.05) is 5.75 Å². The van der Waals surface area contributed by atoms with Gasteiger partial charge in [-0.25, -0.2) is 0 Å². The number of rotatable bonds is 3. The van der Waals surface area contributed by atoms with E-state index in [-0.39, 0.29) is 11.8 Å². The van der Waals surface area contributed by atoms with Crippen LogP contribution in [-0.4, -0.2) is 20.5 Å². The lowest BCUT2D eigenvalue weighted by Crippen LogP contribution is -1.96. The molecule has 0 aliphatic heterocycles. The van der Waals surface area contributed by atoms with Crippen molar-refractivity contribution >= 4 is 12.6 Å². The summed E-state index contributed by atoms with van der Waals surface area (Å²) in [6, 6.07) is 2.93. The van der Waals surface area contributed by atoms with Crippen molar-refractivity contribution in [2.45, 2.75) is 13.0 Å². The van der Waals surface area contributed by atoms with E-state index in [0.29, 0.717) is 6.54 Å². The molecule has 62 valence electrons. The summed E-state index contributed by atoms with van der Waals surface area (Å²) in [6.07, 6.45) is 0.832. The molecule has 0 aliphatic carbocycles. The molecular formula is C7H11NO2S. The Morgan fingerprint density at radius 3 is 2.27 bits per heavy atom. The molecule has 1 heterocycles. The van der Waals surface area contributed by atoms with Crippen LogP contribution < -0.4 is 0 Å². The highest BCUT2D eigenvalue weighted by atomic mass is 32.1. The third kappa shape index (κ3) is 1.83. The fraction of sp³-hybridized carbons (Fsp3) is 0.429. The summed E-state index contributed by atoms with van der Waals surface area (Å²) >= 11 is 4.02. The molecule has 0 bridgehead atoms. The summed E-state index contributed by atoms with van der Waals surface area (Å²) in [5.74, 6) is 0.949. The van der Waals surface area contributed by atoms with E-state index in [1.54, 1.807) is 0 Å². The Morgan fingerprint density at radius 2 is 1.82 bits per heavy atom. The molecule has 0 fully saturated rings. The highest BCUT2D eigenvalue weighted by Gasteiger charge is 2.03. The first kappa shape index (κ1) is 8.33. The maximum absolute atomic E-state index is 9.14. The van der Waals surface area contributed by atoms with E-state index in [0.717, 1.165) is 12.2 Å². The minimum Gasteiger partial charge on any atom is -0.494 e. The SMILES string of the molecule is Oc1ccc(O)n1CCCS. The smallest absolute Gasteiger partial charge is 0.193 e. The lowest BCUT2D eigenvalue weighted by molar-refractivity contribution is 0.367. The highest BCUT2D eigenvalue weighted by Crippen LogP contribution is 2.20. The second-order valence-corrected chi connectivity index (χ2v) is 2.73. The van der Waals surface area contributed by atoms with Crippen LogP contribution in [0.3, 0.4) is 0 Å². The Balaban J connectivity index is 2.67. The monoisotopic (exact) mass is 173 g/mol. The lowest BCUT2D eigenvalue weighted by Gasteiger charge is -2.03. The molecule has 0 amide bonds. The van der Waals surface area contributed by atoms with Crippen molar-refractivity contribution in [3.8, 4) is 11.8 Å². The second kappa shape index (κ2) is 3.57. The Labute approximate surface area is 70.7 Å². The van der Waals surface area contributed by atoms with E-state index in [2.05, 4.69) is 12.6 Å². The van der Waals surface area contributed by atoms with Crippen molar-refractivity contribution in [2.24, 2.45) is 0 Å². The molecule has 0 atom stereocenters. The van der Waals surface area contributed by atoms with Crippen LogP contribution in [0.5, 0.6) is 11.8 Å². The predicted octanol–water partition coefficient (Wildman–Crippen LogP) is 1.22. The van der Waals surface area contributed by atoms with Gasteiger partial charge >= 0.3 is 0 Å². The molecule has 11 heavy (non-hydrogen) atoms. The lowest BCUT2D eigenvalue weighted by atomic mass is 10.5. The number of thiol groups is 1. The van der Waals surface area contributed by atoms with Crippen LogP contribution in [0.15, 0.2) is 12.1 Å². The predicted molar refractivity (Wildman–Crippen MR) is 46.2 cm³/mol. The fourth-order valence-corrected chi connectivity index (χ4v) is 1.05. The number of hydrogen-bond donors (Lipinski definition) is 3. The fourth-order valence-electron chi connectivity index (χ4n) is 0.904. The average Bonchev–Trinajstić information content (AvgIpc) is 2.29. The zero-order valence-electron chi connectivity index (χ0n) is 6.06. The van der Waals surface area contributed by atoms with Gasteiger partial charge in [-0.15, -0.1) is 0 Å². The second-order valence-electron chi connectivity index (χ2n) is 2.28. The first-order chi connectivity index (χ1) is 5.25. The zero-order chi connectivity index (χ0) is 8.27. The van der Waals surface area contributed by atoms with Crippen LogP contribution in [0, 0.1) is 0 Å². The minimum atomic E-state index is 0.101. The van der Waals surface area contributed by atoms with Crippen LogP contribution in [0.1, 0.15) is 6.42 Å². The van der Waals surface area contributed by atoms with Gasteiger partial charge in [-0.05, 0) is 12.2 Å². The van der Waals surface area contributed by atoms with Crippen molar-refractivity contribution in [1.82, 2.24) is 4.57 Å². The van der Waals surface area contributed by atoms with Gasteiger partial charge in [0.15, 0.2) is 11.8 Å². The summed E-state index contributed by atoms with van der Waals surface area (Å²) < 4.78 is 1.44. The summed E-state index contributed by atoms with van der Waals surface area (Å²) in [5, 5.41) is 18.3. The van der Waals surface area contributed by atoms with Gasteiger partial charge in [0.2, 0.25) is 0 Å². The summed E-state index contributed by atoms with van der Waals surface area (Å²) in [7, 11) is 0. The van der Waals surface area contributed by atoms with Crippen LogP contribution in [-0.2, 0) is 6.54 Å². The third-order valence-corrected chi connectivity index (χ3v) is 1.79. The highest BCUT2D eigenvalue weighted by molar-refractivity contribution is 7.80. The molecule has 0 aromatic carbocycles. The molecular weight excluding hydrogens is 162 g/mol. The zero-order valence-corrected chi connectivity index (χ0v) is 6.96. The van der Waals surface area contributed by atoms with E-state index in [1.807, 2.05) is 0 Å². The molecule has 1 rings (SSSR count). The summed E-state index contributed by atoms with van der Waals surface area (Å²) in [6.45, 7) is 0.605. The van der Waals surface area contributed by atoms with Crippen molar-refractivity contribution < 1.29 is 10.2 Å². The van der Waals surface area contributed by atoms with Gasteiger partial charge in [-0.2, -0.15) is 12.6 Å². The van der Waals surface area contributed by atoms with E-state index < -0.39 is 0 Å². The molecule has 2 N–H and O–H groups in total. The quantitative estimate of drug-likeness (QED) is 0.602. The first-order valence-electron chi connectivity index (χ1n) is 3.44. The van der Waals surface area contributed by atoms with E-state index >= 15 is 0 Å². The normalized spacial score (nSPS) is 10.3. The van der Waals surface area contributed by atoms with Gasteiger partial charge in [0.05, 0.1) is 0 Å². The van der Waals surface area contributed by atoms with Crippen LogP contribution in [0.2, 0.25) is 0 Å². The van der Waals surface area contributed by atoms with Crippen LogP contribution in [0.25, 0.3) is 0 Å². The number of nitrogens with zero attached hydrogens (tertiary/aromatic N) is 1. The molecule has 0 aliphatic rings. The van der Waals surface area contributed by atoms with Gasteiger partial charge < -0.3 is 10.2 Å². The molecule has 1 aromatic rings. The number of aromatic nitrogens is 1. The molecule has 0 unspecified atom stereocenters. The van der Waals surface area contributed by atoms with Crippen LogP contribution >= 0.6 is 12.6 Å². The maximum atomic E-state index is 9.14. The molecule has 1 aromatic heterocycles. The molecule has 0 saturated carbocycles. The van der Waals surface area contributed by atoms with Gasteiger partial charge in [0.1, 0.15) is 0 Å². The Morgan fingerprint density at radius 1 is 1.27 bits per heavy atom. The minimum absolute atomic E-state index is 0.101. The molecule has 4 heteroatoms. The van der Waals surface area contributed by atoms with Gasteiger partial charge in [0.25, 0.3) is 0 Å².